The van der Waals surface area contributed by atoms with Gasteiger partial charge in [0.25, 0.3) is 0 Å². The minimum Gasteiger partial charge on any atom is -0.374 e. The maximum Gasteiger partial charge on any atom is 0.184 e. The first-order valence-electron chi connectivity index (χ1n) is 8.23. The predicted octanol–water partition coefficient (Wildman–Crippen LogP) is 2.51. The molecule has 1 aromatic carbocycles. The Balaban J connectivity index is 1.92. The van der Waals surface area contributed by atoms with Crippen LogP contribution in [0.1, 0.15) is 33.3 Å². The minimum absolute atomic E-state index is 0.0134. The quantitative estimate of drug-likeness (QED) is 0.796. The van der Waals surface area contributed by atoms with Crippen molar-refractivity contribution in [2.75, 3.05) is 6.61 Å². The summed E-state index contributed by atoms with van der Waals surface area (Å²) >= 11 is 0. The number of aliphatic hydroxyl groups is 1. The summed E-state index contributed by atoms with van der Waals surface area (Å²) in [5.74, 6) is 0. The molecule has 4 atom stereocenters. The van der Waals surface area contributed by atoms with Crippen molar-refractivity contribution in [1.82, 2.24) is 0 Å². The van der Waals surface area contributed by atoms with Crippen LogP contribution in [0.15, 0.2) is 30.3 Å². The van der Waals surface area contributed by atoms with Crippen molar-refractivity contribution in [3.8, 4) is 0 Å². The molecule has 5 nitrogen and oxygen atoms in total. The van der Waals surface area contributed by atoms with Crippen LogP contribution in [0.25, 0.3) is 0 Å². The molecule has 0 amide bonds. The van der Waals surface area contributed by atoms with E-state index in [1.165, 1.54) is 0 Å². The van der Waals surface area contributed by atoms with Crippen LogP contribution in [-0.2, 0) is 25.6 Å². The molecule has 0 bridgehead atoms. The summed E-state index contributed by atoms with van der Waals surface area (Å²) in [6.07, 6.45) is -2.18. The molecule has 1 aliphatic rings. The van der Waals surface area contributed by atoms with Crippen LogP contribution in [0.5, 0.6) is 0 Å². The normalized spacial score (nSPS) is 28.0. The molecule has 0 radical (unpaired) electrons. The first-order valence-corrected chi connectivity index (χ1v) is 8.23. The molecule has 1 aliphatic heterocycles. The van der Waals surface area contributed by atoms with Gasteiger partial charge in [-0.15, -0.1) is 0 Å². The van der Waals surface area contributed by atoms with Crippen molar-refractivity contribution < 1.29 is 24.1 Å². The molecule has 0 aliphatic carbocycles. The van der Waals surface area contributed by atoms with Crippen molar-refractivity contribution in [2.45, 2.75) is 71.1 Å². The first-order chi connectivity index (χ1) is 11.0. The smallest absolute Gasteiger partial charge is 0.184 e. The summed E-state index contributed by atoms with van der Waals surface area (Å²) in [6.45, 7) is 8.62. The van der Waals surface area contributed by atoms with Crippen LogP contribution in [0.2, 0.25) is 0 Å². The van der Waals surface area contributed by atoms with Crippen molar-refractivity contribution in [3.05, 3.63) is 35.9 Å². The van der Waals surface area contributed by atoms with E-state index in [2.05, 4.69) is 0 Å². The van der Waals surface area contributed by atoms with Gasteiger partial charge in [-0.3, -0.25) is 0 Å². The summed E-state index contributed by atoms with van der Waals surface area (Å²) in [5.41, 5.74) is 1.10. The Labute approximate surface area is 138 Å². The maximum absolute atomic E-state index is 10.1. The van der Waals surface area contributed by atoms with Crippen molar-refractivity contribution in [3.63, 3.8) is 0 Å². The van der Waals surface area contributed by atoms with Crippen LogP contribution in [0.4, 0.5) is 0 Å². The second-order valence-electron chi connectivity index (χ2n) is 6.36. The molecule has 23 heavy (non-hydrogen) atoms. The van der Waals surface area contributed by atoms with Gasteiger partial charge in [-0.25, -0.2) is 0 Å². The summed E-state index contributed by atoms with van der Waals surface area (Å²) in [6, 6.07) is 9.95. The monoisotopic (exact) mass is 324 g/mol. The van der Waals surface area contributed by atoms with Gasteiger partial charge in [0, 0.05) is 0 Å². The molecule has 0 saturated carbocycles. The molecule has 1 N–H and O–H groups in total. The molecule has 0 unspecified atom stereocenters. The number of hydrogen-bond acceptors (Lipinski definition) is 5. The highest BCUT2D eigenvalue weighted by Crippen LogP contribution is 2.27. The van der Waals surface area contributed by atoms with E-state index in [9.17, 15) is 5.11 Å². The Bertz CT molecular complexity index is 448. The predicted molar refractivity (Wildman–Crippen MR) is 87.0 cm³/mol. The summed E-state index contributed by atoms with van der Waals surface area (Å²) in [5, 5.41) is 10.1. The van der Waals surface area contributed by atoms with E-state index in [0.717, 1.165) is 5.56 Å². The summed E-state index contributed by atoms with van der Waals surface area (Å²) in [7, 11) is 0. The van der Waals surface area contributed by atoms with Gasteiger partial charge in [-0.2, -0.15) is 0 Å². The Morgan fingerprint density at radius 1 is 1.00 bits per heavy atom. The molecule has 130 valence electrons. The number of rotatable bonds is 8. The van der Waals surface area contributed by atoms with Crippen LogP contribution in [-0.4, -0.2) is 48.5 Å². The first kappa shape index (κ1) is 18.4. The zero-order valence-electron chi connectivity index (χ0n) is 14.3. The Kier molecular flexibility index (Phi) is 6.99. The van der Waals surface area contributed by atoms with E-state index < -0.39 is 12.4 Å². The van der Waals surface area contributed by atoms with Crippen molar-refractivity contribution in [2.24, 2.45) is 0 Å². The van der Waals surface area contributed by atoms with E-state index >= 15 is 0 Å². The van der Waals surface area contributed by atoms with Gasteiger partial charge in [0.15, 0.2) is 6.29 Å². The lowest BCUT2D eigenvalue weighted by Gasteiger charge is -2.26. The van der Waals surface area contributed by atoms with Gasteiger partial charge in [0.1, 0.15) is 18.3 Å². The molecule has 0 spiro atoms. The number of benzene rings is 1. The van der Waals surface area contributed by atoms with Crippen molar-refractivity contribution >= 4 is 0 Å². The third-order valence-electron chi connectivity index (χ3n) is 3.54. The third kappa shape index (κ3) is 5.55. The van der Waals surface area contributed by atoms with E-state index in [4.69, 9.17) is 18.9 Å². The highest BCUT2D eigenvalue weighted by atomic mass is 16.7. The SMILES string of the molecule is CC(C)O[C@@H]1[C@H](OC(C)C)[C@@H](COCc2ccccc2)O[C@H]1O. The number of ether oxygens (including phenoxy) is 4. The molecular weight excluding hydrogens is 296 g/mol. The van der Waals surface area contributed by atoms with Crippen molar-refractivity contribution in [1.29, 1.82) is 0 Å². The summed E-state index contributed by atoms with van der Waals surface area (Å²) in [4.78, 5) is 0. The van der Waals surface area contributed by atoms with Gasteiger partial charge in [0.2, 0.25) is 0 Å². The Hall–Kier alpha value is -0.980. The zero-order valence-corrected chi connectivity index (χ0v) is 14.3. The average Bonchev–Trinajstić information content (AvgIpc) is 2.76. The van der Waals surface area contributed by atoms with Gasteiger partial charge in [-0.1, -0.05) is 30.3 Å². The molecule has 5 heteroatoms. The Morgan fingerprint density at radius 3 is 2.22 bits per heavy atom. The fourth-order valence-electron chi connectivity index (χ4n) is 2.65. The number of aliphatic hydroxyl groups excluding tert-OH is 1. The van der Waals surface area contributed by atoms with Crippen LogP contribution in [0.3, 0.4) is 0 Å². The van der Waals surface area contributed by atoms with Crippen LogP contribution < -0.4 is 0 Å². The fourth-order valence-corrected chi connectivity index (χ4v) is 2.65. The van der Waals surface area contributed by atoms with E-state index in [0.29, 0.717) is 13.2 Å². The number of hydrogen-bond donors (Lipinski definition) is 1. The van der Waals surface area contributed by atoms with Gasteiger partial charge >= 0.3 is 0 Å². The lowest BCUT2D eigenvalue weighted by atomic mass is 10.1. The highest BCUT2D eigenvalue weighted by Gasteiger charge is 2.46. The molecule has 1 heterocycles. The largest absolute Gasteiger partial charge is 0.374 e. The lowest BCUT2D eigenvalue weighted by Crippen LogP contribution is -2.41. The molecule has 1 aromatic rings. The molecule has 0 aromatic heterocycles. The second kappa shape index (κ2) is 8.76. The standard InChI is InChI=1S/C18H28O5/c1-12(2)21-16-15(23-18(19)17(16)22-13(3)4)11-20-10-14-8-6-5-7-9-14/h5-9,12-13,15-19H,10-11H2,1-4H3/t15-,16-,17-,18-/m1/s1. The average molecular weight is 324 g/mol. The van der Waals surface area contributed by atoms with Crippen LogP contribution in [0, 0.1) is 0 Å². The Morgan fingerprint density at radius 2 is 1.61 bits per heavy atom. The zero-order chi connectivity index (χ0) is 16.8. The molecule has 2 rings (SSSR count). The van der Waals surface area contributed by atoms with E-state index in [1.54, 1.807) is 0 Å². The molecular formula is C18H28O5. The lowest BCUT2D eigenvalue weighted by molar-refractivity contribution is -0.160. The highest BCUT2D eigenvalue weighted by molar-refractivity contribution is 5.13. The van der Waals surface area contributed by atoms with Gasteiger partial charge < -0.3 is 24.1 Å². The summed E-state index contributed by atoms with van der Waals surface area (Å²) < 4.78 is 23.0. The minimum atomic E-state index is -0.994. The van der Waals surface area contributed by atoms with Gasteiger partial charge in [-0.05, 0) is 33.3 Å². The topological polar surface area (TPSA) is 57.2 Å². The van der Waals surface area contributed by atoms with Gasteiger partial charge in [0.05, 0.1) is 25.4 Å². The molecule has 1 saturated heterocycles. The fraction of sp³-hybridized carbons (Fsp3) is 0.667. The van der Waals surface area contributed by atoms with Crippen LogP contribution >= 0.6 is 0 Å². The molecule has 1 fully saturated rings. The van der Waals surface area contributed by atoms with E-state index in [1.807, 2.05) is 58.0 Å². The second-order valence-corrected chi connectivity index (χ2v) is 6.36. The maximum atomic E-state index is 10.1. The third-order valence-corrected chi connectivity index (χ3v) is 3.54. The van der Waals surface area contributed by atoms with E-state index in [-0.39, 0.29) is 24.4 Å².